The number of benzene rings is 2. The lowest BCUT2D eigenvalue weighted by atomic mass is 10.0. The molecule has 0 aliphatic carbocycles. The number of methoxy groups -OCH3 is 2. The van der Waals surface area contributed by atoms with Crippen LogP contribution < -0.4 is 14.2 Å². The van der Waals surface area contributed by atoms with Crippen molar-refractivity contribution in [3.05, 3.63) is 59.2 Å². The summed E-state index contributed by atoms with van der Waals surface area (Å²) in [4.78, 5) is 12.6. The topological polar surface area (TPSA) is 68.5 Å². The molecule has 0 saturated heterocycles. The lowest BCUT2D eigenvalue weighted by Gasteiger charge is -2.11. The first-order chi connectivity index (χ1) is 13.1. The number of hydrogen-bond acceptors (Lipinski definition) is 5. The summed E-state index contributed by atoms with van der Waals surface area (Å²) in [5.74, 6) is 1.51. The summed E-state index contributed by atoms with van der Waals surface area (Å²) in [6.07, 6.45) is 3.51. The molecule has 0 N–H and O–H groups in total. The fourth-order valence-electron chi connectivity index (χ4n) is 2.44. The molecule has 5 nitrogen and oxygen atoms in total. The van der Waals surface area contributed by atoms with Crippen molar-refractivity contribution in [3.8, 4) is 23.3 Å². The van der Waals surface area contributed by atoms with E-state index in [1.807, 2.05) is 6.07 Å². The highest BCUT2D eigenvalue weighted by Crippen LogP contribution is 2.29. The number of nitriles is 1. The van der Waals surface area contributed by atoms with Crippen LogP contribution in [-0.4, -0.2) is 26.6 Å². The second kappa shape index (κ2) is 10.0. The molecule has 0 amide bonds. The predicted molar refractivity (Wildman–Crippen MR) is 104 cm³/mol. The van der Waals surface area contributed by atoms with Crippen LogP contribution in [0.25, 0.3) is 6.08 Å². The molecular weight excluding hydrogens is 342 g/mol. The Bertz CT molecular complexity index is 848. The molecule has 5 heteroatoms. The summed E-state index contributed by atoms with van der Waals surface area (Å²) in [5, 5.41) is 9.44. The molecule has 0 aromatic heterocycles. The van der Waals surface area contributed by atoms with Crippen LogP contribution in [-0.2, 0) is 0 Å². The highest BCUT2D eigenvalue weighted by atomic mass is 16.5. The van der Waals surface area contributed by atoms with Crippen LogP contribution in [0.1, 0.15) is 35.7 Å². The van der Waals surface area contributed by atoms with Gasteiger partial charge in [-0.15, -0.1) is 0 Å². The van der Waals surface area contributed by atoms with Gasteiger partial charge in [0, 0.05) is 5.56 Å². The molecule has 0 aliphatic heterocycles. The summed E-state index contributed by atoms with van der Waals surface area (Å²) in [6.45, 7) is 2.67. The van der Waals surface area contributed by atoms with Gasteiger partial charge in [-0.05, 0) is 54.5 Å². The first kappa shape index (κ1) is 20.1. The van der Waals surface area contributed by atoms with Crippen molar-refractivity contribution in [2.75, 3.05) is 20.8 Å². The zero-order valence-corrected chi connectivity index (χ0v) is 15.8. The van der Waals surface area contributed by atoms with Crippen LogP contribution >= 0.6 is 0 Å². The Balaban J connectivity index is 2.28. The van der Waals surface area contributed by atoms with Gasteiger partial charge in [-0.1, -0.05) is 19.4 Å². The number of ketones is 1. The highest BCUT2D eigenvalue weighted by molar-refractivity contribution is 6.14. The Morgan fingerprint density at radius 3 is 2.41 bits per heavy atom. The minimum atomic E-state index is -0.343. The Morgan fingerprint density at radius 2 is 1.81 bits per heavy atom. The summed E-state index contributed by atoms with van der Waals surface area (Å²) in [7, 11) is 3.13. The van der Waals surface area contributed by atoms with Crippen LogP contribution in [0.15, 0.2) is 48.0 Å². The highest BCUT2D eigenvalue weighted by Gasteiger charge is 2.13. The van der Waals surface area contributed by atoms with E-state index in [2.05, 4.69) is 6.92 Å². The van der Waals surface area contributed by atoms with Crippen molar-refractivity contribution in [2.45, 2.75) is 19.8 Å². The number of hydrogen-bond donors (Lipinski definition) is 0. The molecule has 0 heterocycles. The summed E-state index contributed by atoms with van der Waals surface area (Å²) < 4.78 is 16.2. The van der Waals surface area contributed by atoms with Gasteiger partial charge in [-0.2, -0.15) is 5.26 Å². The van der Waals surface area contributed by atoms with E-state index >= 15 is 0 Å². The van der Waals surface area contributed by atoms with E-state index in [-0.39, 0.29) is 11.4 Å². The zero-order valence-electron chi connectivity index (χ0n) is 15.8. The van der Waals surface area contributed by atoms with Crippen molar-refractivity contribution in [1.82, 2.24) is 0 Å². The SMILES string of the molecule is CCCCOc1cc(/C=C(/C#N)C(=O)c2ccc(OC)cc2)ccc1OC. The summed E-state index contributed by atoms with van der Waals surface area (Å²) >= 11 is 0. The number of unbranched alkanes of at least 4 members (excludes halogenated alkanes) is 1. The molecule has 27 heavy (non-hydrogen) atoms. The van der Waals surface area contributed by atoms with Gasteiger partial charge in [0.05, 0.1) is 20.8 Å². The van der Waals surface area contributed by atoms with Crippen molar-refractivity contribution in [2.24, 2.45) is 0 Å². The largest absolute Gasteiger partial charge is 0.497 e. The van der Waals surface area contributed by atoms with Gasteiger partial charge >= 0.3 is 0 Å². The molecule has 0 aliphatic rings. The van der Waals surface area contributed by atoms with E-state index in [0.717, 1.165) is 12.8 Å². The van der Waals surface area contributed by atoms with E-state index in [4.69, 9.17) is 14.2 Å². The molecule has 2 aromatic rings. The smallest absolute Gasteiger partial charge is 0.203 e. The number of carbonyl (C=O) groups is 1. The van der Waals surface area contributed by atoms with Crippen LogP contribution in [0, 0.1) is 11.3 Å². The molecule has 0 spiro atoms. The third kappa shape index (κ3) is 5.35. The van der Waals surface area contributed by atoms with Gasteiger partial charge in [0.25, 0.3) is 0 Å². The molecule has 140 valence electrons. The van der Waals surface area contributed by atoms with E-state index < -0.39 is 0 Å². The maximum absolute atomic E-state index is 12.6. The molecule has 2 rings (SSSR count). The normalized spacial score (nSPS) is 10.8. The number of ether oxygens (including phenoxy) is 3. The third-order valence-electron chi connectivity index (χ3n) is 3.97. The maximum Gasteiger partial charge on any atom is 0.203 e. The van der Waals surface area contributed by atoms with Crippen molar-refractivity contribution in [1.29, 1.82) is 5.26 Å². The van der Waals surface area contributed by atoms with Crippen molar-refractivity contribution in [3.63, 3.8) is 0 Å². The molecule has 0 saturated carbocycles. The van der Waals surface area contributed by atoms with Crippen molar-refractivity contribution < 1.29 is 19.0 Å². The Hall–Kier alpha value is -3.26. The van der Waals surface area contributed by atoms with Gasteiger partial charge in [0.15, 0.2) is 11.5 Å². The van der Waals surface area contributed by atoms with Crippen LogP contribution in [0.5, 0.6) is 17.2 Å². The Labute approximate surface area is 159 Å². The molecule has 0 radical (unpaired) electrons. The average Bonchev–Trinajstić information content (AvgIpc) is 2.72. The van der Waals surface area contributed by atoms with E-state index in [0.29, 0.717) is 35.0 Å². The average molecular weight is 365 g/mol. The number of nitrogens with zero attached hydrogens (tertiary/aromatic N) is 1. The zero-order chi connectivity index (χ0) is 19.6. The number of Topliss-reactive ketones (excluding diaryl/α,β-unsaturated/α-hetero) is 1. The first-order valence-corrected chi connectivity index (χ1v) is 8.74. The minimum Gasteiger partial charge on any atom is -0.497 e. The fraction of sp³-hybridized carbons (Fsp3) is 0.273. The second-order valence-corrected chi connectivity index (χ2v) is 5.84. The van der Waals surface area contributed by atoms with Gasteiger partial charge in [0.2, 0.25) is 5.78 Å². The molecule has 0 fully saturated rings. The van der Waals surface area contributed by atoms with E-state index in [1.165, 1.54) is 0 Å². The van der Waals surface area contributed by atoms with Crippen LogP contribution in [0.3, 0.4) is 0 Å². The quantitative estimate of drug-likeness (QED) is 0.279. The maximum atomic E-state index is 12.6. The molecule has 0 unspecified atom stereocenters. The molecule has 0 atom stereocenters. The standard InChI is InChI=1S/C22H23NO4/c1-4-5-12-27-21-14-16(6-11-20(21)26-3)13-18(15-23)22(24)17-7-9-19(25-2)10-8-17/h6-11,13-14H,4-5,12H2,1-3H3/b18-13-. The molecule has 0 bridgehead atoms. The summed E-state index contributed by atoms with van der Waals surface area (Å²) in [5.41, 5.74) is 1.17. The fourth-order valence-corrected chi connectivity index (χ4v) is 2.44. The van der Waals surface area contributed by atoms with Crippen molar-refractivity contribution >= 4 is 11.9 Å². The molecular formula is C22H23NO4. The third-order valence-corrected chi connectivity index (χ3v) is 3.97. The van der Waals surface area contributed by atoms with Gasteiger partial charge in [-0.3, -0.25) is 4.79 Å². The lowest BCUT2D eigenvalue weighted by Crippen LogP contribution is -2.02. The Morgan fingerprint density at radius 1 is 1.07 bits per heavy atom. The number of carbonyl (C=O) groups excluding carboxylic acids is 1. The lowest BCUT2D eigenvalue weighted by molar-refractivity contribution is 0.104. The number of rotatable bonds is 9. The van der Waals surface area contributed by atoms with Gasteiger partial charge < -0.3 is 14.2 Å². The van der Waals surface area contributed by atoms with Crippen LogP contribution in [0.4, 0.5) is 0 Å². The summed E-state index contributed by atoms with van der Waals surface area (Å²) in [6, 6.07) is 14.0. The van der Waals surface area contributed by atoms with E-state index in [1.54, 1.807) is 62.8 Å². The Kier molecular flexibility index (Phi) is 7.45. The minimum absolute atomic E-state index is 0.0461. The van der Waals surface area contributed by atoms with E-state index in [9.17, 15) is 10.1 Å². The first-order valence-electron chi connectivity index (χ1n) is 8.74. The van der Waals surface area contributed by atoms with Gasteiger partial charge in [-0.25, -0.2) is 0 Å². The molecule has 2 aromatic carbocycles. The van der Waals surface area contributed by atoms with Gasteiger partial charge in [0.1, 0.15) is 17.4 Å². The second-order valence-electron chi connectivity index (χ2n) is 5.84. The predicted octanol–water partition coefficient (Wildman–Crippen LogP) is 4.67. The van der Waals surface area contributed by atoms with Crippen LogP contribution in [0.2, 0.25) is 0 Å². The monoisotopic (exact) mass is 365 g/mol. The number of allylic oxidation sites excluding steroid dienone is 1.